The van der Waals surface area contributed by atoms with E-state index in [0.29, 0.717) is 16.3 Å². The van der Waals surface area contributed by atoms with Crippen molar-refractivity contribution in [2.45, 2.75) is 0 Å². The summed E-state index contributed by atoms with van der Waals surface area (Å²) in [6.07, 6.45) is 0. The number of urea groups is 1. The maximum absolute atomic E-state index is 11.1. The molecule has 1 aromatic carbocycles. The summed E-state index contributed by atoms with van der Waals surface area (Å²) in [7, 11) is 1.51. The number of halogens is 1. The molecule has 0 aliphatic heterocycles. The molecule has 0 saturated carbocycles. The molecule has 0 spiro atoms. The minimum atomic E-state index is -0.350. The fourth-order valence-electron chi connectivity index (χ4n) is 0.959. The van der Waals surface area contributed by atoms with Crippen molar-refractivity contribution in [3.8, 4) is 0 Å². The van der Waals surface area contributed by atoms with Crippen LogP contribution in [0.2, 0.25) is 5.02 Å². The van der Waals surface area contributed by atoms with Crippen LogP contribution in [0, 0.1) is 0 Å². The topological polar surface area (TPSA) is 67.2 Å². The lowest BCUT2D eigenvalue weighted by Crippen LogP contribution is -2.24. The summed E-state index contributed by atoms with van der Waals surface area (Å²) in [6, 6.07) is 4.60. The lowest BCUT2D eigenvalue weighted by atomic mass is 10.2. The molecule has 0 atom stereocenters. The van der Waals surface area contributed by atoms with Gasteiger partial charge in [0.15, 0.2) is 0 Å². The normalized spacial score (nSPS) is 9.47. The Hall–Kier alpha value is -1.33. The van der Waals surface area contributed by atoms with Crippen LogP contribution < -0.4 is 16.4 Å². The highest BCUT2D eigenvalue weighted by Crippen LogP contribution is 2.22. The van der Waals surface area contributed by atoms with Crippen LogP contribution in [0.5, 0.6) is 0 Å². The molecule has 0 bridgehead atoms. The third kappa shape index (κ3) is 3.07. The Balaban J connectivity index is 3.00. The maximum Gasteiger partial charge on any atom is 0.319 e. The van der Waals surface area contributed by atoms with Crippen molar-refractivity contribution in [1.82, 2.24) is 5.32 Å². The van der Waals surface area contributed by atoms with E-state index in [4.69, 9.17) is 29.6 Å². The molecule has 80 valence electrons. The zero-order valence-electron chi connectivity index (χ0n) is 8.00. The summed E-state index contributed by atoms with van der Waals surface area (Å²) in [5, 5.41) is 5.40. The molecule has 2 amide bonds. The highest BCUT2D eigenvalue weighted by Gasteiger charge is 2.06. The third-order valence-corrected chi connectivity index (χ3v) is 2.29. The first-order valence-corrected chi connectivity index (χ1v) is 4.91. The van der Waals surface area contributed by atoms with E-state index < -0.39 is 0 Å². The predicted molar refractivity (Wildman–Crippen MR) is 65.4 cm³/mol. The lowest BCUT2D eigenvalue weighted by molar-refractivity contribution is 0.254. The van der Waals surface area contributed by atoms with Gasteiger partial charge in [-0.15, -0.1) is 0 Å². The SMILES string of the molecule is CNC(=O)Nc1cc(C(N)=S)ccc1Cl. The van der Waals surface area contributed by atoms with Crippen LogP contribution >= 0.6 is 23.8 Å². The standard InChI is InChI=1S/C9H10ClN3OS/c1-12-9(14)13-7-4-5(8(11)15)2-3-6(7)10/h2-4H,1H3,(H2,11,15)(H2,12,13,14). The zero-order valence-corrected chi connectivity index (χ0v) is 9.58. The minimum Gasteiger partial charge on any atom is -0.389 e. The van der Waals surface area contributed by atoms with E-state index in [2.05, 4.69) is 10.6 Å². The van der Waals surface area contributed by atoms with Crippen LogP contribution in [0.15, 0.2) is 18.2 Å². The number of benzene rings is 1. The van der Waals surface area contributed by atoms with Gasteiger partial charge in [0.05, 0.1) is 10.7 Å². The van der Waals surface area contributed by atoms with Crippen molar-refractivity contribution < 1.29 is 4.79 Å². The van der Waals surface area contributed by atoms with Gasteiger partial charge in [-0.25, -0.2) is 4.79 Å². The van der Waals surface area contributed by atoms with Gasteiger partial charge in [0.25, 0.3) is 0 Å². The Morgan fingerprint density at radius 2 is 2.20 bits per heavy atom. The van der Waals surface area contributed by atoms with E-state index in [1.165, 1.54) is 7.05 Å². The fourth-order valence-corrected chi connectivity index (χ4v) is 1.25. The van der Waals surface area contributed by atoms with Crippen molar-refractivity contribution in [3.63, 3.8) is 0 Å². The van der Waals surface area contributed by atoms with Gasteiger partial charge in [-0.2, -0.15) is 0 Å². The second kappa shape index (κ2) is 4.95. The number of carbonyl (C=O) groups excluding carboxylic acids is 1. The molecule has 6 heteroatoms. The van der Waals surface area contributed by atoms with E-state index in [9.17, 15) is 4.79 Å². The first kappa shape index (κ1) is 11.7. The van der Waals surface area contributed by atoms with Crippen molar-refractivity contribution in [2.75, 3.05) is 12.4 Å². The van der Waals surface area contributed by atoms with Crippen LogP contribution in [-0.4, -0.2) is 18.1 Å². The molecule has 0 aromatic heterocycles. The van der Waals surface area contributed by atoms with Gasteiger partial charge in [-0.3, -0.25) is 0 Å². The number of nitrogens with two attached hydrogens (primary N) is 1. The average molecular weight is 244 g/mol. The monoisotopic (exact) mass is 243 g/mol. The van der Waals surface area contributed by atoms with Crippen LogP contribution in [0.3, 0.4) is 0 Å². The summed E-state index contributed by atoms with van der Waals surface area (Å²) in [5.74, 6) is 0. The maximum atomic E-state index is 11.1. The largest absolute Gasteiger partial charge is 0.389 e. The number of thiocarbonyl (C=S) groups is 1. The van der Waals surface area contributed by atoms with Gasteiger partial charge in [0, 0.05) is 12.6 Å². The second-order valence-corrected chi connectivity index (χ2v) is 3.61. The molecule has 0 fully saturated rings. The summed E-state index contributed by atoms with van der Waals surface area (Å²) in [6.45, 7) is 0. The van der Waals surface area contributed by atoms with E-state index in [-0.39, 0.29) is 11.0 Å². The highest BCUT2D eigenvalue weighted by molar-refractivity contribution is 7.80. The number of nitrogens with one attached hydrogen (secondary N) is 2. The van der Waals surface area contributed by atoms with Gasteiger partial charge < -0.3 is 16.4 Å². The summed E-state index contributed by atoms with van der Waals surface area (Å²) in [5.41, 5.74) is 6.58. The summed E-state index contributed by atoms with van der Waals surface area (Å²) < 4.78 is 0. The van der Waals surface area contributed by atoms with Crippen molar-refractivity contribution in [2.24, 2.45) is 5.73 Å². The Bertz CT molecular complexity index is 408. The zero-order chi connectivity index (χ0) is 11.4. The number of anilines is 1. The van der Waals surface area contributed by atoms with Gasteiger partial charge in [-0.05, 0) is 12.1 Å². The van der Waals surface area contributed by atoms with E-state index in [0.717, 1.165) is 0 Å². The second-order valence-electron chi connectivity index (χ2n) is 2.76. The number of hydrogen-bond donors (Lipinski definition) is 3. The quantitative estimate of drug-likeness (QED) is 0.693. The van der Waals surface area contributed by atoms with Crippen LogP contribution in [-0.2, 0) is 0 Å². The minimum absolute atomic E-state index is 0.256. The van der Waals surface area contributed by atoms with Crippen molar-refractivity contribution >= 4 is 40.5 Å². The predicted octanol–water partition coefficient (Wildman–Crippen LogP) is 1.73. The Labute approximate surface area is 97.8 Å². The first-order chi connectivity index (χ1) is 7.04. The van der Waals surface area contributed by atoms with Gasteiger partial charge >= 0.3 is 6.03 Å². The summed E-state index contributed by atoms with van der Waals surface area (Å²) in [4.78, 5) is 11.3. The molecule has 15 heavy (non-hydrogen) atoms. The Morgan fingerprint density at radius 3 is 2.73 bits per heavy atom. The van der Waals surface area contributed by atoms with E-state index >= 15 is 0 Å². The van der Waals surface area contributed by atoms with Gasteiger partial charge in [-0.1, -0.05) is 29.9 Å². The van der Waals surface area contributed by atoms with Crippen molar-refractivity contribution in [1.29, 1.82) is 0 Å². The van der Waals surface area contributed by atoms with Gasteiger partial charge in [0.2, 0.25) is 0 Å². The van der Waals surface area contributed by atoms with Crippen LogP contribution in [0.25, 0.3) is 0 Å². The van der Waals surface area contributed by atoms with E-state index in [1.807, 2.05) is 0 Å². The smallest absolute Gasteiger partial charge is 0.319 e. The first-order valence-electron chi connectivity index (χ1n) is 4.12. The molecule has 0 heterocycles. The molecular weight excluding hydrogens is 234 g/mol. The van der Waals surface area contributed by atoms with Crippen molar-refractivity contribution in [3.05, 3.63) is 28.8 Å². The number of amides is 2. The number of hydrogen-bond acceptors (Lipinski definition) is 2. The number of carbonyl (C=O) groups is 1. The molecule has 0 unspecified atom stereocenters. The molecule has 1 aromatic rings. The molecule has 0 aliphatic rings. The molecule has 4 nitrogen and oxygen atoms in total. The Kier molecular flexibility index (Phi) is 3.88. The molecule has 0 radical (unpaired) electrons. The molecule has 0 saturated heterocycles. The average Bonchev–Trinajstić information content (AvgIpc) is 2.20. The van der Waals surface area contributed by atoms with Crippen LogP contribution in [0.4, 0.5) is 10.5 Å². The molecule has 0 aliphatic carbocycles. The van der Waals surface area contributed by atoms with Gasteiger partial charge in [0.1, 0.15) is 4.99 Å². The fraction of sp³-hybridized carbons (Fsp3) is 0.111. The molecular formula is C9H10ClN3OS. The highest BCUT2D eigenvalue weighted by atomic mass is 35.5. The third-order valence-electron chi connectivity index (χ3n) is 1.73. The lowest BCUT2D eigenvalue weighted by Gasteiger charge is -2.08. The summed E-state index contributed by atoms with van der Waals surface area (Å²) >= 11 is 10.7. The van der Waals surface area contributed by atoms with E-state index in [1.54, 1.807) is 18.2 Å². The molecule has 1 rings (SSSR count). The number of rotatable bonds is 2. The molecule has 4 N–H and O–H groups in total. The Morgan fingerprint density at radius 1 is 1.53 bits per heavy atom. The van der Waals surface area contributed by atoms with Crippen LogP contribution in [0.1, 0.15) is 5.56 Å².